The van der Waals surface area contributed by atoms with Crippen molar-refractivity contribution in [2.75, 3.05) is 17.7 Å². The van der Waals surface area contributed by atoms with Crippen LogP contribution in [0.3, 0.4) is 0 Å². The minimum Gasteiger partial charge on any atom is -0.377 e. The van der Waals surface area contributed by atoms with Crippen molar-refractivity contribution in [3.05, 3.63) is 107 Å². The van der Waals surface area contributed by atoms with Crippen LogP contribution in [-0.2, 0) is 0 Å². The van der Waals surface area contributed by atoms with Crippen LogP contribution in [0.2, 0.25) is 0 Å². The Kier molecular flexibility index (Phi) is 6.85. The maximum Gasteiger partial charge on any atom is 0.212 e. The van der Waals surface area contributed by atoms with Gasteiger partial charge in [-0.3, -0.25) is 9.99 Å². The Morgan fingerprint density at radius 1 is 1.03 bits per heavy atom. The van der Waals surface area contributed by atoms with Crippen molar-refractivity contribution in [3.8, 4) is 12.1 Å². The van der Waals surface area contributed by atoms with E-state index in [-0.39, 0.29) is 11.6 Å². The van der Waals surface area contributed by atoms with Crippen LogP contribution in [0.15, 0.2) is 78.9 Å². The van der Waals surface area contributed by atoms with Gasteiger partial charge in [0.15, 0.2) is 0 Å². The Morgan fingerprint density at radius 3 is 2.46 bits per heavy atom. The van der Waals surface area contributed by atoms with Crippen molar-refractivity contribution in [2.45, 2.75) is 25.4 Å². The zero-order valence-corrected chi connectivity index (χ0v) is 21.3. The Morgan fingerprint density at radius 2 is 1.82 bits per heavy atom. The third kappa shape index (κ3) is 5.28. The lowest BCUT2D eigenvalue weighted by molar-refractivity contribution is 0.326. The summed E-state index contributed by atoms with van der Waals surface area (Å²) in [5.74, 6) is -0.665. The first-order valence-corrected chi connectivity index (χ1v) is 12.3. The summed E-state index contributed by atoms with van der Waals surface area (Å²) in [4.78, 5) is 8.17. The second kappa shape index (κ2) is 11.1. The predicted octanol–water partition coefficient (Wildman–Crippen LogP) is 5.02. The number of rotatable bonds is 8. The van der Waals surface area contributed by atoms with E-state index in [0.29, 0.717) is 39.1 Å². The zero-order valence-electron chi connectivity index (χ0n) is 22.3. The highest BCUT2D eigenvalue weighted by molar-refractivity contribution is 5.99. The SMILES string of the molecule is [2H][C@](Nc1cc(C#N)c2ncc(C#N)c(N[C@H](CC)c3ccccc3)c2c1)(C1=CN(C)NN1)c1ccc(F)nc1. The largest absolute Gasteiger partial charge is 0.377 e. The summed E-state index contributed by atoms with van der Waals surface area (Å²) in [5.41, 5.74) is 9.67. The quantitative estimate of drug-likeness (QED) is 0.237. The molecule has 4 N–H and O–H groups in total. The maximum absolute atomic E-state index is 13.7. The number of nitriles is 2. The van der Waals surface area contributed by atoms with Crippen molar-refractivity contribution in [3.63, 3.8) is 0 Å². The average molecular weight is 521 g/mol. The van der Waals surface area contributed by atoms with Gasteiger partial charge in [-0.15, -0.1) is 5.53 Å². The molecule has 0 radical (unpaired) electrons. The van der Waals surface area contributed by atoms with Gasteiger partial charge in [0.25, 0.3) is 0 Å². The van der Waals surface area contributed by atoms with E-state index in [0.717, 1.165) is 12.0 Å². The molecule has 0 saturated heterocycles. The molecule has 1 aliphatic rings. The molecule has 0 saturated carbocycles. The fourth-order valence-electron chi connectivity index (χ4n) is 4.48. The highest BCUT2D eigenvalue weighted by Gasteiger charge is 2.23. The Bertz CT molecular complexity index is 1660. The molecular formula is C29H26FN9. The average Bonchev–Trinajstić information content (AvgIpc) is 3.43. The summed E-state index contributed by atoms with van der Waals surface area (Å²) in [5, 5.41) is 28.9. The molecule has 0 amide bonds. The number of pyridine rings is 2. The van der Waals surface area contributed by atoms with Crippen LogP contribution in [0.25, 0.3) is 10.9 Å². The standard InChI is InChI=1S/C29H26FN9/c1-3-24(18-7-5-4-6-8-18)36-28-21(14-32)16-34-27-20(13-31)11-22(12-23(27)28)35-29(25-17-39(2)38-37-25)19-9-10-26(30)33-15-19/h4-12,15-17,24,29,35,37-38H,3H2,1-2H3,(H,34,36)/t24-,29-/m1/s1/i29D. The predicted molar refractivity (Wildman–Crippen MR) is 147 cm³/mol. The molecule has 0 unspecified atom stereocenters. The number of anilines is 2. The van der Waals surface area contributed by atoms with Gasteiger partial charge >= 0.3 is 0 Å². The van der Waals surface area contributed by atoms with Gasteiger partial charge in [0, 0.05) is 36.7 Å². The molecule has 194 valence electrons. The smallest absolute Gasteiger partial charge is 0.212 e. The van der Waals surface area contributed by atoms with Crippen LogP contribution >= 0.6 is 0 Å². The van der Waals surface area contributed by atoms with E-state index >= 15 is 0 Å². The molecule has 1 aliphatic heterocycles. The third-order valence-corrected chi connectivity index (χ3v) is 6.39. The number of fused-ring (bicyclic) bond motifs is 1. The molecule has 39 heavy (non-hydrogen) atoms. The highest BCUT2D eigenvalue weighted by Crippen LogP contribution is 2.35. The summed E-state index contributed by atoms with van der Waals surface area (Å²) >= 11 is 0. The lowest BCUT2D eigenvalue weighted by atomic mass is 10.0. The summed E-state index contributed by atoms with van der Waals surface area (Å²) in [6, 6.07) is 18.6. The summed E-state index contributed by atoms with van der Waals surface area (Å²) < 4.78 is 23.1. The van der Waals surface area contributed by atoms with E-state index in [1.54, 1.807) is 30.4 Å². The molecule has 0 fully saturated rings. The van der Waals surface area contributed by atoms with E-state index in [2.05, 4.69) is 43.7 Å². The van der Waals surface area contributed by atoms with Crippen LogP contribution < -0.4 is 21.6 Å². The van der Waals surface area contributed by atoms with Crippen molar-refractivity contribution in [1.29, 1.82) is 10.5 Å². The number of hydrazine groups is 2. The molecule has 5 rings (SSSR count). The number of hydrogen-bond acceptors (Lipinski definition) is 9. The van der Waals surface area contributed by atoms with Gasteiger partial charge in [0.2, 0.25) is 5.95 Å². The third-order valence-electron chi connectivity index (χ3n) is 6.39. The van der Waals surface area contributed by atoms with E-state index in [9.17, 15) is 16.3 Å². The second-order valence-corrected chi connectivity index (χ2v) is 8.97. The molecule has 2 aromatic carbocycles. The molecule has 4 aromatic rings. The van der Waals surface area contributed by atoms with Crippen LogP contribution in [0, 0.1) is 28.6 Å². The van der Waals surface area contributed by atoms with Crippen LogP contribution in [0.1, 0.15) is 49.0 Å². The first-order chi connectivity index (χ1) is 19.4. The van der Waals surface area contributed by atoms with E-state index < -0.39 is 12.0 Å². The lowest BCUT2D eigenvalue weighted by Crippen LogP contribution is -2.35. The van der Waals surface area contributed by atoms with E-state index in [1.807, 2.05) is 37.3 Å². The van der Waals surface area contributed by atoms with Gasteiger partial charge < -0.3 is 16.1 Å². The second-order valence-electron chi connectivity index (χ2n) is 8.97. The number of aromatic nitrogens is 2. The Balaban J connectivity index is 1.66. The van der Waals surface area contributed by atoms with Crippen molar-refractivity contribution >= 4 is 22.3 Å². The number of benzene rings is 2. The first kappa shape index (κ1) is 24.2. The topological polar surface area (TPSA) is 125 Å². The van der Waals surface area contributed by atoms with Crippen LogP contribution in [0.4, 0.5) is 15.8 Å². The van der Waals surface area contributed by atoms with Gasteiger partial charge in [0.1, 0.15) is 12.1 Å². The lowest BCUT2D eigenvalue weighted by Gasteiger charge is -2.23. The summed E-state index contributed by atoms with van der Waals surface area (Å²) in [6.45, 7) is 2.05. The van der Waals surface area contributed by atoms with Gasteiger partial charge in [-0.2, -0.15) is 14.9 Å². The molecule has 0 aliphatic carbocycles. The molecule has 0 spiro atoms. The molecule has 2 atom stereocenters. The monoisotopic (exact) mass is 520 g/mol. The molecule has 3 heterocycles. The van der Waals surface area contributed by atoms with Gasteiger partial charge in [-0.05, 0) is 35.7 Å². The van der Waals surface area contributed by atoms with Crippen molar-refractivity contribution in [2.24, 2.45) is 0 Å². The fraction of sp³-hybridized carbons (Fsp3) is 0.172. The molecule has 0 bridgehead atoms. The van der Waals surface area contributed by atoms with Crippen molar-refractivity contribution in [1.82, 2.24) is 25.9 Å². The summed E-state index contributed by atoms with van der Waals surface area (Å²) in [6.07, 6.45) is 5.18. The van der Waals surface area contributed by atoms with Gasteiger partial charge in [-0.25, -0.2) is 4.98 Å². The number of nitrogens with one attached hydrogen (secondary N) is 4. The number of halogens is 1. The number of nitrogens with zero attached hydrogens (tertiary/aromatic N) is 5. The Labute approximate surface area is 227 Å². The number of hydrogen-bond donors (Lipinski definition) is 4. The van der Waals surface area contributed by atoms with E-state index in [1.165, 1.54) is 24.5 Å². The highest BCUT2D eigenvalue weighted by atomic mass is 19.1. The fourth-order valence-corrected chi connectivity index (χ4v) is 4.48. The van der Waals surface area contributed by atoms with Gasteiger partial charge in [-0.1, -0.05) is 43.3 Å². The minimum atomic E-state index is -1.65. The van der Waals surface area contributed by atoms with Crippen molar-refractivity contribution < 1.29 is 5.76 Å². The molecule has 9 nitrogen and oxygen atoms in total. The Hall–Kier alpha value is -5.19. The molecule has 10 heteroatoms. The van der Waals surface area contributed by atoms with E-state index in [4.69, 9.17) is 0 Å². The molecular weight excluding hydrogens is 493 g/mol. The first-order valence-electron chi connectivity index (χ1n) is 12.8. The minimum absolute atomic E-state index is 0.101. The molecule has 2 aromatic heterocycles. The normalized spacial score (nSPS) is 15.3. The van der Waals surface area contributed by atoms with Gasteiger partial charge in [0.05, 0.1) is 41.5 Å². The zero-order chi connectivity index (χ0) is 28.3. The van der Waals surface area contributed by atoms with Crippen LogP contribution in [-0.4, -0.2) is 22.0 Å². The maximum atomic E-state index is 13.7. The summed E-state index contributed by atoms with van der Waals surface area (Å²) in [7, 11) is 1.76. The van der Waals surface area contributed by atoms with Crippen LogP contribution in [0.5, 0.6) is 0 Å².